The van der Waals surface area contributed by atoms with Crippen molar-refractivity contribution in [1.82, 2.24) is 24.6 Å². The van der Waals surface area contributed by atoms with Crippen molar-refractivity contribution in [3.63, 3.8) is 0 Å². The summed E-state index contributed by atoms with van der Waals surface area (Å²) in [5, 5.41) is 7.28. The van der Waals surface area contributed by atoms with Crippen LogP contribution in [0.25, 0.3) is 0 Å². The standard InChI is InChI=1S/C19H20ClN7OS/c1-12-8-18(29-26-12)25-19(28)24-16-5-7-27(17-4-6-21-11-23-17)10-14(16)15-3-2-13(20)9-22-15/h2-4,6,8-9,11,14,16H,5,7,10H2,1H3,(H2,24,25,28). The second kappa shape index (κ2) is 8.71. The summed E-state index contributed by atoms with van der Waals surface area (Å²) in [7, 11) is 0. The summed E-state index contributed by atoms with van der Waals surface area (Å²) in [6.45, 7) is 3.34. The van der Waals surface area contributed by atoms with Crippen molar-refractivity contribution >= 4 is 40.0 Å². The third-order valence-corrected chi connectivity index (χ3v) is 5.83. The van der Waals surface area contributed by atoms with E-state index in [-0.39, 0.29) is 18.0 Å². The van der Waals surface area contributed by atoms with Gasteiger partial charge in [0.05, 0.1) is 10.7 Å². The summed E-state index contributed by atoms with van der Waals surface area (Å²) in [5.41, 5.74) is 1.76. The van der Waals surface area contributed by atoms with Crippen LogP contribution in [0.3, 0.4) is 0 Å². The number of anilines is 2. The molecule has 0 bridgehead atoms. The zero-order chi connectivity index (χ0) is 20.2. The van der Waals surface area contributed by atoms with Gasteiger partial charge in [-0.15, -0.1) is 0 Å². The summed E-state index contributed by atoms with van der Waals surface area (Å²) in [5.74, 6) is 0.854. The van der Waals surface area contributed by atoms with Crippen molar-refractivity contribution < 1.29 is 4.79 Å². The van der Waals surface area contributed by atoms with Gasteiger partial charge in [0.1, 0.15) is 17.1 Å². The Morgan fingerprint density at radius 2 is 2.21 bits per heavy atom. The van der Waals surface area contributed by atoms with Crippen molar-refractivity contribution in [3.05, 3.63) is 59.4 Å². The highest BCUT2D eigenvalue weighted by molar-refractivity contribution is 7.10. The van der Waals surface area contributed by atoms with E-state index in [1.54, 1.807) is 18.7 Å². The first-order valence-corrected chi connectivity index (χ1v) is 10.4. The van der Waals surface area contributed by atoms with Gasteiger partial charge in [0.15, 0.2) is 0 Å². The van der Waals surface area contributed by atoms with E-state index in [9.17, 15) is 4.79 Å². The van der Waals surface area contributed by atoms with Gasteiger partial charge in [0, 0.05) is 43.1 Å². The van der Waals surface area contributed by atoms with Crippen molar-refractivity contribution in [2.45, 2.75) is 25.3 Å². The van der Waals surface area contributed by atoms with E-state index < -0.39 is 0 Å². The third kappa shape index (κ3) is 4.80. The quantitative estimate of drug-likeness (QED) is 0.659. The Morgan fingerprint density at radius 3 is 2.90 bits per heavy atom. The van der Waals surface area contributed by atoms with Gasteiger partial charge in [-0.2, -0.15) is 4.37 Å². The van der Waals surface area contributed by atoms with Crippen molar-refractivity contribution in [3.8, 4) is 0 Å². The monoisotopic (exact) mass is 429 g/mol. The molecule has 0 aromatic carbocycles. The Morgan fingerprint density at radius 1 is 1.31 bits per heavy atom. The maximum atomic E-state index is 12.6. The summed E-state index contributed by atoms with van der Waals surface area (Å²) < 4.78 is 4.19. The lowest BCUT2D eigenvalue weighted by atomic mass is 9.89. The number of nitrogens with zero attached hydrogens (tertiary/aromatic N) is 5. The number of urea groups is 1. The van der Waals surface area contributed by atoms with Crippen LogP contribution in [0.2, 0.25) is 5.02 Å². The van der Waals surface area contributed by atoms with Crippen molar-refractivity contribution in [2.75, 3.05) is 23.3 Å². The number of hydrogen-bond acceptors (Lipinski definition) is 7. The number of hydrogen-bond donors (Lipinski definition) is 2. The van der Waals surface area contributed by atoms with E-state index in [1.165, 1.54) is 11.5 Å². The van der Waals surface area contributed by atoms with Gasteiger partial charge in [-0.25, -0.2) is 14.8 Å². The first kappa shape index (κ1) is 19.5. The lowest BCUT2D eigenvalue weighted by molar-refractivity contribution is 0.243. The Bertz CT molecular complexity index is 966. The lowest BCUT2D eigenvalue weighted by Crippen LogP contribution is -2.51. The summed E-state index contributed by atoms with van der Waals surface area (Å²) >= 11 is 7.28. The molecule has 1 fully saturated rings. The van der Waals surface area contributed by atoms with E-state index in [1.807, 2.05) is 31.2 Å². The topological polar surface area (TPSA) is 95.9 Å². The largest absolute Gasteiger partial charge is 0.356 e. The molecule has 0 radical (unpaired) electrons. The molecule has 4 heterocycles. The van der Waals surface area contributed by atoms with E-state index in [0.29, 0.717) is 11.6 Å². The smallest absolute Gasteiger partial charge is 0.320 e. The highest BCUT2D eigenvalue weighted by atomic mass is 35.5. The van der Waals surface area contributed by atoms with Gasteiger partial charge in [-0.3, -0.25) is 10.3 Å². The molecular weight excluding hydrogens is 410 g/mol. The Labute approximate surface area is 177 Å². The molecule has 0 saturated carbocycles. The summed E-state index contributed by atoms with van der Waals surface area (Å²) in [6, 6.07) is 7.16. The van der Waals surface area contributed by atoms with Crippen LogP contribution in [0.5, 0.6) is 0 Å². The first-order chi connectivity index (χ1) is 14.1. The van der Waals surface area contributed by atoms with Gasteiger partial charge < -0.3 is 10.2 Å². The van der Waals surface area contributed by atoms with Crippen molar-refractivity contribution in [2.24, 2.45) is 0 Å². The van der Waals surface area contributed by atoms with Crippen LogP contribution in [0.4, 0.5) is 15.6 Å². The van der Waals surface area contributed by atoms with Gasteiger partial charge in [0.25, 0.3) is 0 Å². The molecule has 8 nitrogen and oxygen atoms in total. The maximum Gasteiger partial charge on any atom is 0.320 e. The third-order valence-electron chi connectivity index (χ3n) is 4.81. The van der Waals surface area contributed by atoms with Crippen LogP contribution in [-0.4, -0.2) is 44.5 Å². The molecule has 150 valence electrons. The molecule has 29 heavy (non-hydrogen) atoms. The number of pyridine rings is 1. The van der Waals surface area contributed by atoms with Gasteiger partial charge in [0.2, 0.25) is 0 Å². The summed E-state index contributed by atoms with van der Waals surface area (Å²) in [6.07, 6.45) is 5.66. The Balaban J connectivity index is 1.51. The fraction of sp³-hybridized carbons (Fsp3) is 0.316. The molecule has 10 heteroatoms. The fourth-order valence-corrected chi connectivity index (χ4v) is 4.22. The molecule has 2 amide bonds. The number of carbonyl (C=O) groups excluding carboxylic acids is 1. The van der Waals surface area contributed by atoms with E-state index in [2.05, 4.69) is 34.9 Å². The molecule has 3 aromatic heterocycles. The van der Waals surface area contributed by atoms with Gasteiger partial charge in [-0.05, 0) is 49.1 Å². The van der Waals surface area contributed by atoms with Crippen LogP contribution in [0, 0.1) is 6.92 Å². The minimum Gasteiger partial charge on any atom is -0.356 e. The van der Waals surface area contributed by atoms with Gasteiger partial charge in [-0.1, -0.05) is 11.6 Å². The second-order valence-electron chi connectivity index (χ2n) is 6.85. The molecule has 1 aliphatic rings. The molecule has 1 aliphatic heterocycles. The number of carbonyl (C=O) groups is 1. The molecule has 0 aliphatic carbocycles. The molecule has 2 atom stereocenters. The lowest BCUT2D eigenvalue weighted by Gasteiger charge is -2.39. The number of piperidine rings is 1. The molecule has 3 aromatic rings. The van der Waals surface area contributed by atoms with E-state index in [4.69, 9.17) is 11.6 Å². The molecule has 1 saturated heterocycles. The second-order valence-corrected chi connectivity index (χ2v) is 8.09. The molecule has 2 N–H and O–H groups in total. The predicted octanol–water partition coefficient (Wildman–Crippen LogP) is 3.47. The van der Waals surface area contributed by atoms with Gasteiger partial charge >= 0.3 is 6.03 Å². The van der Waals surface area contributed by atoms with Crippen LogP contribution in [-0.2, 0) is 0 Å². The Hall–Kier alpha value is -2.78. The average Bonchev–Trinajstić information content (AvgIpc) is 3.14. The SMILES string of the molecule is Cc1cc(NC(=O)NC2CCN(c3ccncn3)CC2c2ccc(Cl)cn2)sn1. The van der Waals surface area contributed by atoms with Crippen LogP contribution < -0.4 is 15.5 Å². The minimum absolute atomic E-state index is 0.00933. The van der Waals surface area contributed by atoms with Crippen LogP contribution in [0.15, 0.2) is 43.0 Å². The number of nitrogens with one attached hydrogen (secondary N) is 2. The Kier molecular flexibility index (Phi) is 5.86. The number of amides is 2. The van der Waals surface area contributed by atoms with E-state index in [0.717, 1.165) is 35.2 Å². The molecule has 2 unspecified atom stereocenters. The highest BCUT2D eigenvalue weighted by Crippen LogP contribution is 2.29. The average molecular weight is 430 g/mol. The highest BCUT2D eigenvalue weighted by Gasteiger charge is 2.33. The maximum absolute atomic E-state index is 12.6. The van der Waals surface area contributed by atoms with Crippen LogP contribution >= 0.6 is 23.1 Å². The van der Waals surface area contributed by atoms with E-state index >= 15 is 0 Å². The zero-order valence-corrected chi connectivity index (χ0v) is 17.3. The van der Waals surface area contributed by atoms with Crippen LogP contribution in [0.1, 0.15) is 23.7 Å². The molecule has 4 rings (SSSR count). The first-order valence-electron chi connectivity index (χ1n) is 9.22. The normalized spacial score (nSPS) is 19.0. The van der Waals surface area contributed by atoms with Crippen molar-refractivity contribution in [1.29, 1.82) is 0 Å². The minimum atomic E-state index is -0.243. The number of aryl methyl sites for hydroxylation is 1. The molecular formula is C19H20ClN7OS. The fourth-order valence-electron chi connectivity index (χ4n) is 3.45. The number of halogens is 1. The molecule has 0 spiro atoms. The zero-order valence-electron chi connectivity index (χ0n) is 15.7. The number of aromatic nitrogens is 4. The summed E-state index contributed by atoms with van der Waals surface area (Å²) in [4.78, 5) is 27.6. The number of rotatable bonds is 4. The predicted molar refractivity (Wildman–Crippen MR) is 114 cm³/mol.